The highest BCUT2D eigenvalue weighted by Crippen LogP contribution is 2.35. The van der Waals surface area contributed by atoms with Gasteiger partial charge in [0.05, 0.1) is 5.56 Å². The minimum atomic E-state index is -4.33. The number of rotatable bonds is 1. The van der Waals surface area contributed by atoms with Gasteiger partial charge in [0.1, 0.15) is 0 Å². The zero-order valence-corrected chi connectivity index (χ0v) is 11.0. The van der Waals surface area contributed by atoms with Gasteiger partial charge in [-0.15, -0.1) is 0 Å². The average Bonchev–Trinajstić information content (AvgIpc) is 2.47. The van der Waals surface area contributed by atoms with Crippen LogP contribution in [0.15, 0.2) is 60.7 Å². The molecule has 0 aliphatic rings. The van der Waals surface area contributed by atoms with E-state index in [1.54, 1.807) is 0 Å². The third kappa shape index (κ3) is 2.44. The smallest absolute Gasteiger partial charge is 0.398 e. The maximum Gasteiger partial charge on any atom is 0.416 e. The minimum absolute atomic E-state index is 0.577. The van der Waals surface area contributed by atoms with Crippen molar-refractivity contribution in [2.24, 2.45) is 0 Å². The molecule has 0 aromatic heterocycles. The van der Waals surface area contributed by atoms with E-state index >= 15 is 0 Å². The molecule has 0 bridgehead atoms. The number of fused-ring (bicyclic) bond motifs is 1. The highest BCUT2D eigenvalue weighted by atomic mass is 19.4. The number of alkyl halides is 3. The van der Waals surface area contributed by atoms with E-state index in [-0.39, 0.29) is 0 Å². The fourth-order valence-electron chi connectivity index (χ4n) is 2.39. The van der Waals surface area contributed by atoms with E-state index in [0.717, 1.165) is 28.5 Å². The van der Waals surface area contributed by atoms with Crippen molar-refractivity contribution < 1.29 is 13.2 Å². The minimum Gasteiger partial charge on any atom is -0.398 e. The largest absolute Gasteiger partial charge is 0.416 e. The van der Waals surface area contributed by atoms with Crippen LogP contribution in [0.25, 0.3) is 21.9 Å². The molecule has 0 saturated carbocycles. The second kappa shape index (κ2) is 4.81. The van der Waals surface area contributed by atoms with Gasteiger partial charge < -0.3 is 5.73 Å². The summed E-state index contributed by atoms with van der Waals surface area (Å²) in [7, 11) is 0. The molecule has 21 heavy (non-hydrogen) atoms. The van der Waals surface area contributed by atoms with Gasteiger partial charge in [-0.3, -0.25) is 0 Å². The molecule has 2 N–H and O–H groups in total. The Bertz CT molecular complexity index is 789. The van der Waals surface area contributed by atoms with Crippen LogP contribution >= 0.6 is 0 Å². The van der Waals surface area contributed by atoms with E-state index < -0.39 is 11.7 Å². The number of hydrogen-bond donors (Lipinski definition) is 1. The topological polar surface area (TPSA) is 26.0 Å². The summed E-state index contributed by atoms with van der Waals surface area (Å²) in [5.74, 6) is 0. The molecule has 0 amide bonds. The third-order valence-corrected chi connectivity index (χ3v) is 3.49. The number of hydrogen-bond acceptors (Lipinski definition) is 1. The lowest BCUT2D eigenvalue weighted by molar-refractivity contribution is -0.137. The number of anilines is 1. The monoisotopic (exact) mass is 287 g/mol. The summed E-state index contributed by atoms with van der Waals surface area (Å²) in [6, 6.07) is 16.4. The lowest BCUT2D eigenvalue weighted by Crippen LogP contribution is -2.04. The molecule has 106 valence electrons. The second-order valence-electron chi connectivity index (χ2n) is 4.82. The Morgan fingerprint density at radius 1 is 0.762 bits per heavy atom. The summed E-state index contributed by atoms with van der Waals surface area (Å²) in [6.45, 7) is 0. The fourth-order valence-corrected chi connectivity index (χ4v) is 2.39. The first kappa shape index (κ1) is 13.5. The summed E-state index contributed by atoms with van der Waals surface area (Å²) in [5.41, 5.74) is 7.48. The van der Waals surface area contributed by atoms with Crippen LogP contribution in [0, 0.1) is 0 Å². The molecule has 3 aromatic carbocycles. The van der Waals surface area contributed by atoms with Crippen LogP contribution in [0.4, 0.5) is 18.9 Å². The van der Waals surface area contributed by atoms with Gasteiger partial charge in [0.15, 0.2) is 0 Å². The number of nitrogens with two attached hydrogens (primary N) is 1. The van der Waals surface area contributed by atoms with Crippen molar-refractivity contribution in [2.75, 3.05) is 5.73 Å². The van der Waals surface area contributed by atoms with E-state index in [0.29, 0.717) is 11.3 Å². The van der Waals surface area contributed by atoms with Crippen LogP contribution in [0.2, 0.25) is 0 Å². The van der Waals surface area contributed by atoms with E-state index in [4.69, 9.17) is 5.73 Å². The van der Waals surface area contributed by atoms with Crippen LogP contribution in [0.5, 0.6) is 0 Å². The van der Waals surface area contributed by atoms with Gasteiger partial charge in [-0.05, 0) is 23.1 Å². The van der Waals surface area contributed by atoms with Crippen molar-refractivity contribution in [3.8, 4) is 11.1 Å². The molecule has 0 aliphatic heterocycles. The average molecular weight is 287 g/mol. The predicted molar refractivity (Wildman–Crippen MR) is 78.8 cm³/mol. The van der Waals surface area contributed by atoms with Crippen molar-refractivity contribution in [3.05, 3.63) is 66.2 Å². The van der Waals surface area contributed by atoms with Gasteiger partial charge in [0.25, 0.3) is 0 Å². The predicted octanol–water partition coefficient (Wildman–Crippen LogP) is 5.11. The standard InChI is InChI=1S/C17H12F3N/c18-17(19,20)13-8-5-12(6-9-13)15-10-7-11-3-1-2-4-14(11)16(15)21/h1-10H,21H2. The molecule has 4 heteroatoms. The van der Waals surface area contributed by atoms with E-state index in [1.165, 1.54) is 12.1 Å². The van der Waals surface area contributed by atoms with Gasteiger partial charge in [0, 0.05) is 16.6 Å². The van der Waals surface area contributed by atoms with Crippen LogP contribution in [-0.2, 0) is 6.18 Å². The maximum atomic E-state index is 12.6. The summed E-state index contributed by atoms with van der Waals surface area (Å²) in [6.07, 6.45) is -4.33. The Morgan fingerprint density at radius 3 is 2.10 bits per heavy atom. The van der Waals surface area contributed by atoms with Gasteiger partial charge in [0.2, 0.25) is 0 Å². The molecule has 3 aromatic rings. The normalized spacial score (nSPS) is 11.8. The van der Waals surface area contributed by atoms with E-state index in [1.807, 2.05) is 36.4 Å². The molecule has 0 radical (unpaired) electrons. The molecule has 0 aliphatic carbocycles. The van der Waals surface area contributed by atoms with Gasteiger partial charge in [-0.1, -0.05) is 48.5 Å². The number of halogens is 3. The summed E-state index contributed by atoms with van der Waals surface area (Å²) in [4.78, 5) is 0. The van der Waals surface area contributed by atoms with Crippen molar-refractivity contribution in [3.63, 3.8) is 0 Å². The molecular weight excluding hydrogens is 275 g/mol. The summed E-state index contributed by atoms with van der Waals surface area (Å²) in [5, 5.41) is 1.90. The highest BCUT2D eigenvalue weighted by molar-refractivity contribution is 6.00. The van der Waals surface area contributed by atoms with Crippen molar-refractivity contribution in [1.29, 1.82) is 0 Å². The lowest BCUT2D eigenvalue weighted by atomic mass is 9.98. The number of nitrogen functional groups attached to an aromatic ring is 1. The first-order valence-electron chi connectivity index (χ1n) is 6.42. The number of benzene rings is 3. The SMILES string of the molecule is Nc1c(-c2ccc(C(F)(F)F)cc2)ccc2ccccc12. The summed E-state index contributed by atoms with van der Waals surface area (Å²) >= 11 is 0. The molecule has 0 saturated heterocycles. The van der Waals surface area contributed by atoms with E-state index in [9.17, 15) is 13.2 Å². The molecule has 0 unspecified atom stereocenters. The first-order chi connectivity index (χ1) is 9.97. The Hall–Kier alpha value is -2.49. The molecule has 3 rings (SSSR count). The lowest BCUT2D eigenvalue weighted by Gasteiger charge is -2.11. The van der Waals surface area contributed by atoms with Crippen molar-refractivity contribution in [1.82, 2.24) is 0 Å². The fraction of sp³-hybridized carbons (Fsp3) is 0.0588. The van der Waals surface area contributed by atoms with Gasteiger partial charge in [-0.25, -0.2) is 0 Å². The van der Waals surface area contributed by atoms with Crippen LogP contribution in [0.3, 0.4) is 0 Å². The van der Waals surface area contributed by atoms with Crippen LogP contribution < -0.4 is 5.73 Å². The Kier molecular flexibility index (Phi) is 3.09. The molecule has 1 nitrogen and oxygen atoms in total. The van der Waals surface area contributed by atoms with E-state index in [2.05, 4.69) is 0 Å². The Labute approximate surface area is 119 Å². The molecular formula is C17H12F3N. The molecule has 0 spiro atoms. The second-order valence-corrected chi connectivity index (χ2v) is 4.82. The maximum absolute atomic E-state index is 12.6. The Balaban J connectivity index is 2.10. The van der Waals surface area contributed by atoms with Crippen molar-refractivity contribution >= 4 is 16.5 Å². The van der Waals surface area contributed by atoms with Gasteiger partial charge >= 0.3 is 6.18 Å². The quantitative estimate of drug-likeness (QED) is 0.618. The zero-order chi connectivity index (χ0) is 15.0. The highest BCUT2D eigenvalue weighted by Gasteiger charge is 2.30. The van der Waals surface area contributed by atoms with Gasteiger partial charge in [-0.2, -0.15) is 13.2 Å². The molecule has 0 fully saturated rings. The first-order valence-corrected chi connectivity index (χ1v) is 6.42. The molecule has 0 heterocycles. The van der Waals surface area contributed by atoms with Crippen LogP contribution in [-0.4, -0.2) is 0 Å². The third-order valence-electron chi connectivity index (χ3n) is 3.49. The molecule has 0 atom stereocenters. The zero-order valence-electron chi connectivity index (χ0n) is 11.0. The Morgan fingerprint density at radius 2 is 1.43 bits per heavy atom. The van der Waals surface area contributed by atoms with Crippen LogP contribution in [0.1, 0.15) is 5.56 Å². The summed E-state index contributed by atoms with van der Waals surface area (Å²) < 4.78 is 37.8. The van der Waals surface area contributed by atoms with Crippen molar-refractivity contribution in [2.45, 2.75) is 6.18 Å².